The first-order valence-corrected chi connectivity index (χ1v) is 8.54. The van der Waals surface area contributed by atoms with Gasteiger partial charge in [0, 0.05) is 6.61 Å². The number of aliphatic hydroxyl groups excluding tert-OH is 1. The highest BCUT2D eigenvalue weighted by Crippen LogP contribution is 2.15. The number of unbranched alkanes of at least 4 members (excludes halogenated alkanes) is 3. The molecule has 132 valence electrons. The predicted octanol–water partition coefficient (Wildman–Crippen LogP) is 4.49. The summed E-state index contributed by atoms with van der Waals surface area (Å²) in [6, 6.07) is 14.6. The SMILES string of the molecule is O=C(O)c1ccc(C=Cc2ccc(OCCCCCCO)cc2)cc1. The third kappa shape index (κ3) is 6.81. The quantitative estimate of drug-likeness (QED) is 0.494. The standard InChI is InChI=1S/C21H24O4/c22-15-3-1-2-4-16-25-20-13-9-18(10-14-20)6-5-17-7-11-19(12-8-17)21(23)24/h5-14,22H,1-4,15-16H2,(H,23,24). The highest BCUT2D eigenvalue weighted by Gasteiger charge is 2.00. The van der Waals surface area contributed by atoms with E-state index in [0.29, 0.717) is 6.61 Å². The Labute approximate surface area is 148 Å². The molecular weight excluding hydrogens is 316 g/mol. The highest BCUT2D eigenvalue weighted by molar-refractivity contribution is 5.88. The molecule has 0 saturated heterocycles. The Balaban J connectivity index is 1.80. The van der Waals surface area contributed by atoms with E-state index in [9.17, 15) is 4.79 Å². The van der Waals surface area contributed by atoms with Crippen molar-refractivity contribution >= 4 is 18.1 Å². The number of rotatable bonds is 10. The van der Waals surface area contributed by atoms with Gasteiger partial charge in [-0.3, -0.25) is 0 Å². The van der Waals surface area contributed by atoms with Gasteiger partial charge in [-0.1, -0.05) is 42.8 Å². The molecule has 0 heterocycles. The molecule has 2 N–H and O–H groups in total. The molecule has 0 fully saturated rings. The smallest absolute Gasteiger partial charge is 0.335 e. The van der Waals surface area contributed by atoms with Crippen LogP contribution in [0.15, 0.2) is 48.5 Å². The van der Waals surface area contributed by atoms with E-state index in [1.807, 2.05) is 36.4 Å². The molecule has 0 aliphatic heterocycles. The lowest BCUT2D eigenvalue weighted by Gasteiger charge is -2.06. The van der Waals surface area contributed by atoms with Gasteiger partial charge in [0.1, 0.15) is 5.75 Å². The van der Waals surface area contributed by atoms with Crippen molar-refractivity contribution in [2.24, 2.45) is 0 Å². The maximum absolute atomic E-state index is 10.8. The Kier molecular flexibility index (Phi) is 7.73. The maximum atomic E-state index is 10.8. The molecule has 2 rings (SSSR count). The van der Waals surface area contributed by atoms with Crippen molar-refractivity contribution in [2.45, 2.75) is 25.7 Å². The molecule has 0 aromatic heterocycles. The first-order chi connectivity index (χ1) is 12.2. The van der Waals surface area contributed by atoms with Gasteiger partial charge >= 0.3 is 5.97 Å². The summed E-state index contributed by atoms with van der Waals surface area (Å²) in [7, 11) is 0. The van der Waals surface area contributed by atoms with Gasteiger partial charge in [-0.15, -0.1) is 0 Å². The summed E-state index contributed by atoms with van der Waals surface area (Å²) in [5, 5.41) is 17.6. The summed E-state index contributed by atoms with van der Waals surface area (Å²) in [6.07, 6.45) is 7.89. The first-order valence-electron chi connectivity index (χ1n) is 8.54. The number of hydrogen-bond donors (Lipinski definition) is 2. The topological polar surface area (TPSA) is 66.8 Å². The van der Waals surface area contributed by atoms with E-state index in [0.717, 1.165) is 42.6 Å². The molecule has 2 aromatic carbocycles. The molecule has 0 aliphatic carbocycles. The van der Waals surface area contributed by atoms with Gasteiger partial charge in [0.2, 0.25) is 0 Å². The van der Waals surface area contributed by atoms with Gasteiger partial charge in [0.15, 0.2) is 0 Å². The van der Waals surface area contributed by atoms with Gasteiger partial charge in [0.25, 0.3) is 0 Å². The second kappa shape index (κ2) is 10.3. The fourth-order valence-electron chi connectivity index (χ4n) is 2.36. The lowest BCUT2D eigenvalue weighted by atomic mass is 10.1. The van der Waals surface area contributed by atoms with Gasteiger partial charge in [-0.2, -0.15) is 0 Å². The van der Waals surface area contributed by atoms with Crippen LogP contribution < -0.4 is 4.74 Å². The van der Waals surface area contributed by atoms with Crippen molar-refractivity contribution in [3.63, 3.8) is 0 Å². The molecule has 2 aromatic rings. The molecule has 0 atom stereocenters. The summed E-state index contributed by atoms with van der Waals surface area (Å²) in [5.41, 5.74) is 2.29. The van der Waals surface area contributed by atoms with Crippen LogP contribution in [0.5, 0.6) is 5.75 Å². The van der Waals surface area contributed by atoms with Crippen molar-refractivity contribution in [1.29, 1.82) is 0 Å². The number of ether oxygens (including phenoxy) is 1. The zero-order valence-electron chi connectivity index (χ0n) is 14.2. The molecule has 0 aliphatic rings. The van der Waals surface area contributed by atoms with E-state index in [1.165, 1.54) is 0 Å². The summed E-state index contributed by atoms with van der Waals surface area (Å²) >= 11 is 0. The fraction of sp³-hybridized carbons (Fsp3) is 0.286. The molecule has 0 amide bonds. The van der Waals surface area contributed by atoms with Gasteiger partial charge in [-0.25, -0.2) is 4.79 Å². The third-order valence-electron chi connectivity index (χ3n) is 3.83. The summed E-state index contributed by atoms with van der Waals surface area (Å²) < 4.78 is 5.70. The van der Waals surface area contributed by atoms with Gasteiger partial charge in [0.05, 0.1) is 12.2 Å². The van der Waals surface area contributed by atoms with E-state index in [4.69, 9.17) is 14.9 Å². The average Bonchev–Trinajstić information content (AvgIpc) is 2.64. The average molecular weight is 340 g/mol. The first kappa shape index (κ1) is 18.7. The number of aliphatic hydroxyl groups is 1. The Morgan fingerprint density at radius 1 is 0.840 bits per heavy atom. The lowest BCUT2D eigenvalue weighted by molar-refractivity contribution is 0.0697. The fourth-order valence-corrected chi connectivity index (χ4v) is 2.36. The number of carboxylic acids is 1. The number of aromatic carboxylic acids is 1. The van der Waals surface area contributed by atoms with Crippen LogP contribution in [-0.4, -0.2) is 29.4 Å². The zero-order chi connectivity index (χ0) is 17.9. The number of carbonyl (C=O) groups is 1. The molecule has 4 nitrogen and oxygen atoms in total. The van der Waals surface area contributed by atoms with Crippen LogP contribution in [0, 0.1) is 0 Å². The Bertz CT molecular complexity index is 672. The Hall–Kier alpha value is -2.59. The van der Waals surface area contributed by atoms with Crippen molar-refractivity contribution in [3.05, 3.63) is 65.2 Å². The molecular formula is C21H24O4. The number of benzene rings is 2. The van der Waals surface area contributed by atoms with E-state index < -0.39 is 5.97 Å². The van der Waals surface area contributed by atoms with Crippen LogP contribution in [0.2, 0.25) is 0 Å². The lowest BCUT2D eigenvalue weighted by Crippen LogP contribution is -1.97. The molecule has 4 heteroatoms. The van der Waals surface area contributed by atoms with Gasteiger partial charge in [-0.05, 0) is 54.7 Å². The summed E-state index contributed by atoms with van der Waals surface area (Å²) in [6.45, 7) is 0.954. The van der Waals surface area contributed by atoms with Crippen molar-refractivity contribution in [2.75, 3.05) is 13.2 Å². The van der Waals surface area contributed by atoms with Crippen LogP contribution >= 0.6 is 0 Å². The van der Waals surface area contributed by atoms with Gasteiger partial charge < -0.3 is 14.9 Å². The van der Waals surface area contributed by atoms with E-state index >= 15 is 0 Å². The minimum atomic E-state index is -0.917. The normalized spacial score (nSPS) is 10.9. The van der Waals surface area contributed by atoms with E-state index in [1.54, 1.807) is 24.3 Å². The summed E-state index contributed by atoms with van der Waals surface area (Å²) in [5.74, 6) is -0.0652. The molecule has 0 saturated carbocycles. The van der Waals surface area contributed by atoms with Crippen LogP contribution in [0.4, 0.5) is 0 Å². The third-order valence-corrected chi connectivity index (χ3v) is 3.83. The van der Waals surface area contributed by atoms with Crippen LogP contribution in [0.1, 0.15) is 47.2 Å². The second-order valence-corrected chi connectivity index (χ2v) is 5.82. The molecule has 0 spiro atoms. The van der Waals surface area contributed by atoms with Crippen molar-refractivity contribution in [3.8, 4) is 5.75 Å². The Morgan fingerprint density at radius 3 is 1.96 bits per heavy atom. The number of hydrogen-bond acceptors (Lipinski definition) is 3. The minimum Gasteiger partial charge on any atom is -0.494 e. The largest absolute Gasteiger partial charge is 0.494 e. The number of carboxylic acid groups (broad SMARTS) is 1. The van der Waals surface area contributed by atoms with Crippen LogP contribution in [0.3, 0.4) is 0 Å². The molecule has 0 unspecified atom stereocenters. The second-order valence-electron chi connectivity index (χ2n) is 5.82. The summed E-state index contributed by atoms with van der Waals surface area (Å²) in [4.78, 5) is 10.8. The zero-order valence-corrected chi connectivity index (χ0v) is 14.2. The minimum absolute atomic E-state index is 0.263. The maximum Gasteiger partial charge on any atom is 0.335 e. The van der Waals surface area contributed by atoms with E-state index in [-0.39, 0.29) is 12.2 Å². The van der Waals surface area contributed by atoms with E-state index in [2.05, 4.69) is 0 Å². The van der Waals surface area contributed by atoms with Crippen LogP contribution in [0.25, 0.3) is 12.2 Å². The molecule has 0 bridgehead atoms. The Morgan fingerprint density at radius 2 is 1.40 bits per heavy atom. The highest BCUT2D eigenvalue weighted by atomic mass is 16.5. The molecule has 0 radical (unpaired) electrons. The predicted molar refractivity (Wildman–Crippen MR) is 99.8 cm³/mol. The van der Waals surface area contributed by atoms with Crippen molar-refractivity contribution < 1.29 is 19.7 Å². The van der Waals surface area contributed by atoms with Crippen molar-refractivity contribution in [1.82, 2.24) is 0 Å². The molecule has 25 heavy (non-hydrogen) atoms. The van der Waals surface area contributed by atoms with Crippen LogP contribution in [-0.2, 0) is 0 Å². The monoisotopic (exact) mass is 340 g/mol.